The van der Waals surface area contributed by atoms with Crippen molar-refractivity contribution >= 4 is 22.4 Å². The summed E-state index contributed by atoms with van der Waals surface area (Å²) in [7, 11) is 0. The van der Waals surface area contributed by atoms with Gasteiger partial charge < -0.3 is 38.3 Å². The fraction of sp³-hybridized carbons (Fsp3) is 0.444. The van der Waals surface area contributed by atoms with Crippen LogP contribution in [0.4, 0.5) is 0 Å². The smallest absolute Gasteiger partial charge is 0.123 e. The molecule has 3 fully saturated rings. The van der Waals surface area contributed by atoms with Gasteiger partial charge in [-0.2, -0.15) is 0 Å². The van der Waals surface area contributed by atoms with Crippen LogP contribution in [0.2, 0.25) is 0 Å². The van der Waals surface area contributed by atoms with E-state index in [1.165, 1.54) is 0 Å². The van der Waals surface area contributed by atoms with Crippen LogP contribution in [-0.2, 0) is 25.4 Å². The van der Waals surface area contributed by atoms with E-state index in [1.807, 2.05) is 56.3 Å². The van der Waals surface area contributed by atoms with Crippen LogP contribution < -0.4 is 14.2 Å². The zero-order valence-corrected chi connectivity index (χ0v) is 25.5. The molecule has 234 valence electrons. The Morgan fingerprint density at radius 1 is 0.909 bits per heavy atom. The summed E-state index contributed by atoms with van der Waals surface area (Å²) in [5, 5.41) is 12.1. The average Bonchev–Trinajstić information content (AvgIpc) is 3.88. The second kappa shape index (κ2) is 14.1. The Kier molecular flexibility index (Phi) is 9.84. The minimum atomic E-state index is -0.468. The van der Waals surface area contributed by atoms with E-state index in [9.17, 15) is 5.11 Å². The highest BCUT2D eigenvalue weighted by molar-refractivity contribution is 5.91. The molecule has 8 heteroatoms. The number of allylic oxidation sites excluding steroid dienone is 1. The lowest BCUT2D eigenvalue weighted by Gasteiger charge is -2.18. The summed E-state index contributed by atoms with van der Waals surface area (Å²) >= 11 is 0. The molecule has 3 aromatic rings. The van der Waals surface area contributed by atoms with Crippen molar-refractivity contribution in [2.75, 3.05) is 46.2 Å². The van der Waals surface area contributed by atoms with Gasteiger partial charge in [0, 0.05) is 12.0 Å². The Hall–Kier alpha value is -3.40. The Bertz CT molecular complexity index is 1470. The third-order valence-corrected chi connectivity index (χ3v) is 7.93. The van der Waals surface area contributed by atoms with Gasteiger partial charge in [-0.05, 0) is 71.1 Å². The van der Waals surface area contributed by atoms with Crippen LogP contribution in [0.1, 0.15) is 37.0 Å². The van der Waals surface area contributed by atoms with E-state index in [0.717, 1.165) is 70.1 Å². The van der Waals surface area contributed by atoms with Gasteiger partial charge in [-0.3, -0.25) is 0 Å². The lowest BCUT2D eigenvalue weighted by atomic mass is 9.91. The van der Waals surface area contributed by atoms with Crippen molar-refractivity contribution in [2.45, 2.75) is 57.2 Å². The summed E-state index contributed by atoms with van der Waals surface area (Å²) in [4.78, 5) is 0. The van der Waals surface area contributed by atoms with Gasteiger partial charge in [-0.1, -0.05) is 43.9 Å². The summed E-state index contributed by atoms with van der Waals surface area (Å²) in [6.07, 6.45) is 5.10. The minimum absolute atomic E-state index is 0.138. The zero-order valence-electron chi connectivity index (χ0n) is 25.5. The summed E-state index contributed by atoms with van der Waals surface area (Å²) in [6, 6.07) is 16.3. The van der Waals surface area contributed by atoms with Gasteiger partial charge in [0.1, 0.15) is 55.4 Å². The van der Waals surface area contributed by atoms with Gasteiger partial charge in [0.15, 0.2) is 0 Å². The molecule has 8 nitrogen and oxygen atoms in total. The molecule has 0 amide bonds. The molecule has 5 unspecified atom stereocenters. The third kappa shape index (κ3) is 8.61. The standard InChI is InChI=1S/C36H42O8/c1-4-27(37)16-38-24(3)5-6-25-7-10-28(39-17-30-19-41-30)14-33(25)23(2)13-35-34-15-29(40-18-31-20-42-31)11-8-26(34)9-12-36(35)44-22-32-21-43-32/h5-12,14-15,24,27,30-32,37H,2,4,13,16-22H2,1,3H3/b6-5-. The Balaban J connectivity index is 1.29. The van der Waals surface area contributed by atoms with Gasteiger partial charge >= 0.3 is 0 Å². The molecule has 3 heterocycles. The van der Waals surface area contributed by atoms with E-state index < -0.39 is 6.10 Å². The van der Waals surface area contributed by atoms with E-state index >= 15 is 0 Å². The van der Waals surface area contributed by atoms with Crippen LogP contribution in [-0.4, -0.2) is 81.9 Å². The number of fused-ring (bicyclic) bond motifs is 1. The Morgan fingerprint density at radius 3 is 2.18 bits per heavy atom. The van der Waals surface area contributed by atoms with E-state index in [4.69, 9.17) is 33.2 Å². The van der Waals surface area contributed by atoms with Gasteiger partial charge in [0.05, 0.1) is 38.6 Å². The first-order chi connectivity index (χ1) is 21.4. The van der Waals surface area contributed by atoms with Crippen molar-refractivity contribution in [3.63, 3.8) is 0 Å². The first kappa shape index (κ1) is 30.6. The summed E-state index contributed by atoms with van der Waals surface area (Å²) in [5.74, 6) is 2.37. The van der Waals surface area contributed by atoms with Crippen LogP contribution >= 0.6 is 0 Å². The maximum atomic E-state index is 9.90. The highest BCUT2D eigenvalue weighted by Crippen LogP contribution is 2.36. The summed E-state index contributed by atoms with van der Waals surface area (Å²) < 4.78 is 40.3. The maximum Gasteiger partial charge on any atom is 0.123 e. The molecule has 0 aliphatic carbocycles. The lowest BCUT2D eigenvalue weighted by Crippen LogP contribution is -2.17. The van der Waals surface area contributed by atoms with E-state index in [0.29, 0.717) is 39.3 Å². The fourth-order valence-electron chi connectivity index (χ4n) is 4.86. The van der Waals surface area contributed by atoms with Gasteiger partial charge in [-0.15, -0.1) is 0 Å². The predicted octanol–water partition coefficient (Wildman–Crippen LogP) is 5.62. The molecule has 3 aliphatic rings. The first-order valence-electron chi connectivity index (χ1n) is 15.5. The van der Waals surface area contributed by atoms with Crippen LogP contribution in [0.15, 0.2) is 61.2 Å². The highest BCUT2D eigenvalue weighted by atomic mass is 16.6. The highest BCUT2D eigenvalue weighted by Gasteiger charge is 2.26. The van der Waals surface area contributed by atoms with Crippen molar-refractivity contribution in [3.8, 4) is 17.2 Å². The topological polar surface area (TPSA) is 94.7 Å². The van der Waals surface area contributed by atoms with Crippen LogP contribution in [0.5, 0.6) is 17.2 Å². The van der Waals surface area contributed by atoms with Crippen molar-refractivity contribution < 1.29 is 38.3 Å². The molecule has 0 aromatic heterocycles. The molecular formula is C36H42O8. The molecule has 6 rings (SSSR count). The molecule has 3 saturated heterocycles. The van der Waals surface area contributed by atoms with Gasteiger partial charge in [0.2, 0.25) is 0 Å². The van der Waals surface area contributed by atoms with Crippen molar-refractivity contribution in [2.24, 2.45) is 0 Å². The molecule has 0 radical (unpaired) electrons. The van der Waals surface area contributed by atoms with Crippen molar-refractivity contribution in [3.05, 3.63) is 77.9 Å². The second-order valence-electron chi connectivity index (χ2n) is 11.7. The Labute approximate surface area is 259 Å². The summed E-state index contributed by atoms with van der Waals surface area (Å²) in [5.41, 5.74) is 3.94. The maximum absolute atomic E-state index is 9.90. The zero-order chi connectivity index (χ0) is 30.5. The number of benzene rings is 3. The van der Waals surface area contributed by atoms with Crippen molar-refractivity contribution in [1.82, 2.24) is 0 Å². The first-order valence-corrected chi connectivity index (χ1v) is 15.5. The molecule has 44 heavy (non-hydrogen) atoms. The predicted molar refractivity (Wildman–Crippen MR) is 170 cm³/mol. The molecule has 3 aliphatic heterocycles. The fourth-order valence-corrected chi connectivity index (χ4v) is 4.86. The van der Waals surface area contributed by atoms with Crippen molar-refractivity contribution in [1.29, 1.82) is 0 Å². The number of aliphatic hydroxyl groups is 1. The van der Waals surface area contributed by atoms with Gasteiger partial charge in [0.25, 0.3) is 0 Å². The number of ether oxygens (including phenoxy) is 7. The van der Waals surface area contributed by atoms with Crippen LogP contribution in [0, 0.1) is 0 Å². The average molecular weight is 603 g/mol. The number of hydrogen-bond acceptors (Lipinski definition) is 8. The third-order valence-electron chi connectivity index (χ3n) is 7.93. The molecule has 1 N–H and O–H groups in total. The quantitative estimate of drug-likeness (QED) is 0.188. The monoisotopic (exact) mass is 602 g/mol. The molecule has 0 bridgehead atoms. The molecule has 5 atom stereocenters. The van der Waals surface area contributed by atoms with Crippen LogP contribution in [0.3, 0.4) is 0 Å². The molecule has 0 spiro atoms. The summed E-state index contributed by atoms with van der Waals surface area (Å²) in [6.45, 7) is 12.5. The Morgan fingerprint density at radius 2 is 1.52 bits per heavy atom. The van der Waals surface area contributed by atoms with E-state index in [-0.39, 0.29) is 24.4 Å². The molecule has 3 aromatic carbocycles. The van der Waals surface area contributed by atoms with E-state index in [1.54, 1.807) is 0 Å². The number of hydrogen-bond donors (Lipinski definition) is 1. The van der Waals surface area contributed by atoms with Crippen LogP contribution in [0.25, 0.3) is 22.4 Å². The van der Waals surface area contributed by atoms with E-state index in [2.05, 4.69) is 24.8 Å². The molecular weight excluding hydrogens is 560 g/mol. The largest absolute Gasteiger partial charge is 0.491 e. The normalized spacial score (nSPS) is 21.7. The second-order valence-corrected chi connectivity index (χ2v) is 11.7. The minimum Gasteiger partial charge on any atom is -0.491 e. The number of epoxide rings is 3. The van der Waals surface area contributed by atoms with Gasteiger partial charge in [-0.25, -0.2) is 0 Å². The SMILES string of the molecule is C=C(Cc1c(OCC2CO2)ccc2ccc(OCC3CO3)cc12)c1cc(OCC2CO2)ccc1/C=C\C(C)OCC(O)CC. The molecule has 0 saturated carbocycles. The number of aliphatic hydroxyl groups excluding tert-OH is 1. The lowest BCUT2D eigenvalue weighted by molar-refractivity contribution is 0.0153. The number of rotatable bonds is 18.